The second-order valence-electron chi connectivity index (χ2n) is 14.8. The molecule has 4 N–H and O–H groups in total. The van der Waals surface area contributed by atoms with Crippen LogP contribution < -0.4 is 0 Å². The molecule has 0 saturated carbocycles. The van der Waals surface area contributed by atoms with E-state index in [0.29, 0.717) is 12.8 Å². The van der Waals surface area contributed by atoms with Gasteiger partial charge >= 0.3 is 11.9 Å². The van der Waals surface area contributed by atoms with Gasteiger partial charge in [0.15, 0.2) is 12.4 Å². The Kier molecular flexibility index (Phi) is 33.7. The normalized spacial score (nSPS) is 21.0. The van der Waals surface area contributed by atoms with Gasteiger partial charge in [-0.05, 0) is 77.0 Å². The molecule has 10 nitrogen and oxygen atoms in total. The zero-order chi connectivity index (χ0) is 40.9. The van der Waals surface area contributed by atoms with Gasteiger partial charge in [-0.3, -0.25) is 9.59 Å². The van der Waals surface area contributed by atoms with Gasteiger partial charge in [0.05, 0.1) is 13.2 Å². The third kappa shape index (κ3) is 27.9. The van der Waals surface area contributed by atoms with E-state index >= 15 is 0 Å². The third-order valence-corrected chi connectivity index (χ3v) is 9.61. The number of aliphatic hydroxyl groups excluding tert-OH is 4. The number of ether oxygens (including phenoxy) is 4. The highest BCUT2D eigenvalue weighted by atomic mass is 16.7. The Labute approximate surface area is 339 Å². The van der Waals surface area contributed by atoms with Crippen LogP contribution in [0.1, 0.15) is 162 Å². The molecule has 10 heteroatoms. The highest BCUT2D eigenvalue weighted by Gasteiger charge is 2.44. The van der Waals surface area contributed by atoms with Crippen LogP contribution in [0.4, 0.5) is 0 Å². The average Bonchev–Trinajstić information content (AvgIpc) is 3.19. The molecule has 0 radical (unpaired) electrons. The molecule has 1 saturated heterocycles. The van der Waals surface area contributed by atoms with E-state index in [1.807, 2.05) is 0 Å². The molecule has 0 amide bonds. The van der Waals surface area contributed by atoms with Crippen molar-refractivity contribution in [1.82, 2.24) is 0 Å². The van der Waals surface area contributed by atoms with Crippen molar-refractivity contribution in [3.05, 3.63) is 60.8 Å². The topological polar surface area (TPSA) is 152 Å². The van der Waals surface area contributed by atoms with Crippen LogP contribution in [0.25, 0.3) is 0 Å². The van der Waals surface area contributed by atoms with E-state index in [9.17, 15) is 30.0 Å². The Balaban J connectivity index is 2.38. The first-order chi connectivity index (χ1) is 27.3. The van der Waals surface area contributed by atoms with Crippen LogP contribution in [0, 0.1) is 0 Å². The SMILES string of the molecule is CCC/C=C/C/C=C/C/C=C/C/C=C/CCCCCC(=O)OC[C@@H](CO[C@H]1O[C@@H](CO)[C@@H](O)C(O)C1O)OC(=O)CCCCCCC/C=C/CCCCCCC. The first-order valence-corrected chi connectivity index (χ1v) is 21.9. The van der Waals surface area contributed by atoms with Gasteiger partial charge in [-0.25, -0.2) is 0 Å². The summed E-state index contributed by atoms with van der Waals surface area (Å²) in [7, 11) is 0. The van der Waals surface area contributed by atoms with Crippen molar-refractivity contribution >= 4 is 11.9 Å². The van der Waals surface area contributed by atoms with E-state index in [1.54, 1.807) is 0 Å². The summed E-state index contributed by atoms with van der Waals surface area (Å²) in [5, 5.41) is 40.0. The summed E-state index contributed by atoms with van der Waals surface area (Å²) in [5.74, 6) is -0.857. The van der Waals surface area contributed by atoms with Gasteiger partial charge in [-0.1, -0.05) is 132 Å². The highest BCUT2D eigenvalue weighted by Crippen LogP contribution is 2.22. The third-order valence-electron chi connectivity index (χ3n) is 9.61. The van der Waals surface area contributed by atoms with Gasteiger partial charge in [0.2, 0.25) is 0 Å². The number of hydrogen-bond donors (Lipinski definition) is 4. The molecule has 6 atom stereocenters. The molecule has 0 aliphatic carbocycles. The first kappa shape index (κ1) is 51.4. The molecule has 1 aliphatic rings. The lowest BCUT2D eigenvalue weighted by Crippen LogP contribution is -2.59. The van der Waals surface area contributed by atoms with Crippen LogP contribution in [-0.4, -0.2) is 89.0 Å². The highest BCUT2D eigenvalue weighted by molar-refractivity contribution is 5.70. The molecule has 0 aromatic heterocycles. The fourth-order valence-corrected chi connectivity index (χ4v) is 6.11. The second-order valence-corrected chi connectivity index (χ2v) is 14.8. The number of esters is 2. The predicted octanol–water partition coefficient (Wildman–Crippen LogP) is 9.05. The fraction of sp³-hybridized carbons (Fsp3) is 0.739. The summed E-state index contributed by atoms with van der Waals surface area (Å²) in [6, 6.07) is 0. The molecule has 0 bridgehead atoms. The Morgan fingerprint density at radius 2 is 1.04 bits per heavy atom. The fourth-order valence-electron chi connectivity index (χ4n) is 6.11. The van der Waals surface area contributed by atoms with Crippen molar-refractivity contribution in [3.8, 4) is 0 Å². The number of hydrogen-bond acceptors (Lipinski definition) is 10. The minimum Gasteiger partial charge on any atom is -0.462 e. The molecular formula is C46H78O10. The standard InChI is InChI=1S/C46H78O10/c1-3-5-7-9-11-13-15-17-19-20-21-23-24-26-28-30-32-34-41(48)53-37-39(38-54-46-45(52)44(51)43(50)40(36-47)56-46)55-42(49)35-33-31-29-27-25-22-18-16-14-12-10-8-6-4-2/h7,9,13,15-16,18-20,23-24,39-40,43-47,50-52H,3-6,8,10-12,14,17,21-22,25-38H2,1-2H3/b9-7+,15-13+,18-16+,20-19+,24-23+/t39-,40-,43+,44?,45?,46-/m0/s1. The molecule has 1 rings (SSSR count). The molecule has 1 heterocycles. The van der Waals surface area contributed by atoms with Crippen LogP contribution in [0.2, 0.25) is 0 Å². The monoisotopic (exact) mass is 791 g/mol. The largest absolute Gasteiger partial charge is 0.462 e. The van der Waals surface area contributed by atoms with Crippen LogP contribution in [0.15, 0.2) is 60.8 Å². The van der Waals surface area contributed by atoms with Crippen LogP contribution in [-0.2, 0) is 28.5 Å². The van der Waals surface area contributed by atoms with Gasteiger partial charge in [-0.2, -0.15) is 0 Å². The summed E-state index contributed by atoms with van der Waals surface area (Å²) in [6.45, 7) is 3.29. The summed E-state index contributed by atoms with van der Waals surface area (Å²) in [4.78, 5) is 25.3. The van der Waals surface area contributed by atoms with Crippen LogP contribution in [0.3, 0.4) is 0 Å². The number of unbranched alkanes of at least 4 members (excludes halogenated alkanes) is 14. The van der Waals surface area contributed by atoms with E-state index in [4.69, 9.17) is 18.9 Å². The molecule has 0 aromatic carbocycles. The van der Waals surface area contributed by atoms with Crippen molar-refractivity contribution in [2.24, 2.45) is 0 Å². The average molecular weight is 791 g/mol. The van der Waals surface area contributed by atoms with E-state index in [2.05, 4.69) is 74.6 Å². The summed E-state index contributed by atoms with van der Waals surface area (Å²) >= 11 is 0. The van der Waals surface area contributed by atoms with Crippen LogP contribution in [0.5, 0.6) is 0 Å². The smallest absolute Gasteiger partial charge is 0.306 e. The summed E-state index contributed by atoms with van der Waals surface area (Å²) in [6.07, 6.45) is 36.5. The maximum absolute atomic E-state index is 12.7. The molecule has 1 fully saturated rings. The van der Waals surface area contributed by atoms with E-state index in [-0.39, 0.29) is 26.1 Å². The molecule has 0 aromatic rings. The van der Waals surface area contributed by atoms with Crippen molar-refractivity contribution < 1.29 is 49.0 Å². The van der Waals surface area contributed by atoms with Crippen LogP contribution >= 0.6 is 0 Å². The van der Waals surface area contributed by atoms with Gasteiger partial charge in [-0.15, -0.1) is 0 Å². The van der Waals surface area contributed by atoms with Crippen molar-refractivity contribution in [3.63, 3.8) is 0 Å². The maximum Gasteiger partial charge on any atom is 0.306 e. The van der Waals surface area contributed by atoms with Crippen molar-refractivity contribution in [1.29, 1.82) is 0 Å². The molecule has 2 unspecified atom stereocenters. The number of aliphatic hydroxyl groups is 4. The Morgan fingerprint density at radius 1 is 0.554 bits per heavy atom. The van der Waals surface area contributed by atoms with E-state index in [1.165, 1.54) is 38.5 Å². The van der Waals surface area contributed by atoms with Crippen molar-refractivity contribution in [2.45, 2.75) is 198 Å². The zero-order valence-corrected chi connectivity index (χ0v) is 34.9. The minimum atomic E-state index is -1.60. The second kappa shape index (κ2) is 36.7. The minimum absolute atomic E-state index is 0.210. The van der Waals surface area contributed by atoms with E-state index < -0.39 is 55.4 Å². The predicted molar refractivity (Wildman–Crippen MR) is 224 cm³/mol. The van der Waals surface area contributed by atoms with Crippen molar-refractivity contribution in [2.75, 3.05) is 19.8 Å². The molecule has 0 spiro atoms. The Morgan fingerprint density at radius 3 is 1.61 bits per heavy atom. The summed E-state index contributed by atoms with van der Waals surface area (Å²) < 4.78 is 22.1. The van der Waals surface area contributed by atoms with E-state index in [0.717, 1.165) is 83.5 Å². The summed E-state index contributed by atoms with van der Waals surface area (Å²) in [5.41, 5.74) is 0. The molecule has 1 aliphatic heterocycles. The quantitative estimate of drug-likeness (QED) is 0.0278. The zero-order valence-electron chi connectivity index (χ0n) is 34.9. The Bertz CT molecular complexity index is 1100. The maximum atomic E-state index is 12.7. The molecule has 322 valence electrons. The van der Waals surface area contributed by atoms with Gasteiger partial charge < -0.3 is 39.4 Å². The lowest BCUT2D eigenvalue weighted by Gasteiger charge is -2.39. The first-order valence-electron chi connectivity index (χ1n) is 21.9. The lowest BCUT2D eigenvalue weighted by molar-refractivity contribution is -0.305. The van der Waals surface area contributed by atoms with Gasteiger partial charge in [0.1, 0.15) is 31.0 Å². The Hall–Kier alpha value is -2.60. The van der Waals surface area contributed by atoms with Gasteiger partial charge in [0.25, 0.3) is 0 Å². The number of allylic oxidation sites excluding steroid dienone is 10. The van der Waals surface area contributed by atoms with Gasteiger partial charge in [0, 0.05) is 12.8 Å². The number of rotatable bonds is 35. The molecule has 56 heavy (non-hydrogen) atoms. The lowest BCUT2D eigenvalue weighted by atomic mass is 9.99. The molecular weight excluding hydrogens is 712 g/mol. The number of carbonyl (C=O) groups excluding carboxylic acids is 2. The number of carbonyl (C=O) groups is 2.